The van der Waals surface area contributed by atoms with E-state index in [9.17, 15) is 4.79 Å². The van der Waals surface area contributed by atoms with Gasteiger partial charge in [-0.1, -0.05) is 11.2 Å². The number of amides is 1. The molecule has 0 fully saturated rings. The molecule has 1 aliphatic heterocycles. The molecular formula is C18H18N4O2S. The Balaban J connectivity index is 1.44. The molecule has 0 aliphatic carbocycles. The number of hydrogen-bond acceptors (Lipinski definition) is 6. The van der Waals surface area contributed by atoms with Crippen molar-refractivity contribution in [1.29, 1.82) is 0 Å². The fourth-order valence-electron chi connectivity index (χ4n) is 3.12. The predicted molar refractivity (Wildman–Crippen MR) is 97.5 cm³/mol. The third-order valence-electron chi connectivity index (χ3n) is 4.39. The van der Waals surface area contributed by atoms with Gasteiger partial charge in [-0.25, -0.2) is 0 Å². The zero-order valence-corrected chi connectivity index (χ0v) is 14.5. The number of fused-ring (bicyclic) bond motifs is 1. The van der Waals surface area contributed by atoms with Gasteiger partial charge in [0.15, 0.2) is 0 Å². The molecule has 2 N–H and O–H groups in total. The van der Waals surface area contributed by atoms with Crippen LogP contribution >= 0.6 is 11.3 Å². The van der Waals surface area contributed by atoms with Gasteiger partial charge in [0.05, 0.1) is 0 Å². The van der Waals surface area contributed by atoms with Crippen molar-refractivity contribution in [2.24, 2.45) is 0 Å². The SMILES string of the molecule is Nc1cccc2c1CCCN2C(=O)CCc1nc(-c2ccsc2)no1. The zero-order chi connectivity index (χ0) is 17.2. The number of carbonyl (C=O) groups is 1. The van der Waals surface area contributed by atoms with Gasteiger partial charge in [0.1, 0.15) is 0 Å². The highest BCUT2D eigenvalue weighted by Crippen LogP contribution is 2.31. The first-order valence-electron chi connectivity index (χ1n) is 8.25. The monoisotopic (exact) mass is 354 g/mol. The number of benzene rings is 1. The number of carbonyl (C=O) groups excluding carboxylic acids is 1. The molecule has 0 bridgehead atoms. The topological polar surface area (TPSA) is 85.2 Å². The number of nitrogen functional groups attached to an aromatic ring is 1. The van der Waals surface area contributed by atoms with Gasteiger partial charge in [-0.05, 0) is 42.0 Å². The molecule has 7 heteroatoms. The Morgan fingerprint density at radius 2 is 2.28 bits per heavy atom. The Kier molecular flexibility index (Phi) is 4.23. The van der Waals surface area contributed by atoms with E-state index in [-0.39, 0.29) is 5.91 Å². The molecule has 1 aromatic carbocycles. The number of nitrogens with two attached hydrogens (primary N) is 1. The molecule has 0 unspecified atom stereocenters. The van der Waals surface area contributed by atoms with Crippen molar-refractivity contribution in [3.63, 3.8) is 0 Å². The van der Waals surface area contributed by atoms with Crippen molar-refractivity contribution in [1.82, 2.24) is 10.1 Å². The van der Waals surface area contributed by atoms with Crippen LogP contribution in [0.2, 0.25) is 0 Å². The fraction of sp³-hybridized carbons (Fsp3) is 0.278. The summed E-state index contributed by atoms with van der Waals surface area (Å²) in [5.74, 6) is 1.11. The van der Waals surface area contributed by atoms with E-state index >= 15 is 0 Å². The number of hydrogen-bond donors (Lipinski definition) is 1. The Labute approximate surface area is 149 Å². The Bertz CT molecular complexity index is 888. The molecule has 6 nitrogen and oxygen atoms in total. The van der Waals surface area contributed by atoms with Gasteiger partial charge in [0.25, 0.3) is 0 Å². The summed E-state index contributed by atoms with van der Waals surface area (Å²) >= 11 is 1.58. The predicted octanol–water partition coefficient (Wildman–Crippen LogP) is 3.29. The van der Waals surface area contributed by atoms with E-state index < -0.39 is 0 Å². The van der Waals surface area contributed by atoms with Crippen LogP contribution in [0.1, 0.15) is 24.3 Å². The first kappa shape index (κ1) is 15.8. The lowest BCUT2D eigenvalue weighted by atomic mass is 9.99. The van der Waals surface area contributed by atoms with Crippen LogP contribution in [0.3, 0.4) is 0 Å². The summed E-state index contributed by atoms with van der Waals surface area (Å²) in [5.41, 5.74) is 9.74. The molecule has 3 heterocycles. The molecule has 1 amide bonds. The van der Waals surface area contributed by atoms with Gasteiger partial charge >= 0.3 is 0 Å². The maximum Gasteiger partial charge on any atom is 0.227 e. The van der Waals surface area contributed by atoms with Crippen molar-refractivity contribution < 1.29 is 9.32 Å². The van der Waals surface area contributed by atoms with Crippen molar-refractivity contribution >= 4 is 28.6 Å². The Morgan fingerprint density at radius 3 is 3.12 bits per heavy atom. The largest absolute Gasteiger partial charge is 0.398 e. The van der Waals surface area contributed by atoms with E-state index in [1.54, 1.807) is 11.3 Å². The fourth-order valence-corrected chi connectivity index (χ4v) is 3.76. The third-order valence-corrected chi connectivity index (χ3v) is 5.07. The van der Waals surface area contributed by atoms with Crippen LogP contribution in [0.4, 0.5) is 11.4 Å². The standard InChI is InChI=1S/C18H18N4O2S/c19-14-4-1-5-15-13(14)3-2-9-22(15)17(23)7-6-16-20-18(21-24-16)12-8-10-25-11-12/h1,4-5,8,10-11H,2-3,6-7,9,19H2. The average molecular weight is 354 g/mol. The quantitative estimate of drug-likeness (QED) is 0.727. The number of anilines is 2. The van der Waals surface area contributed by atoms with E-state index in [1.807, 2.05) is 39.9 Å². The van der Waals surface area contributed by atoms with Crippen molar-refractivity contribution in [3.05, 3.63) is 46.5 Å². The smallest absolute Gasteiger partial charge is 0.227 e. The minimum Gasteiger partial charge on any atom is -0.398 e. The summed E-state index contributed by atoms with van der Waals surface area (Å²) in [5, 5.41) is 7.91. The second-order valence-corrected chi connectivity index (χ2v) is 6.80. The number of aromatic nitrogens is 2. The van der Waals surface area contributed by atoms with Crippen LogP contribution in [0, 0.1) is 0 Å². The summed E-state index contributed by atoms with van der Waals surface area (Å²) in [4.78, 5) is 18.9. The summed E-state index contributed by atoms with van der Waals surface area (Å²) in [6.07, 6.45) is 2.61. The van der Waals surface area contributed by atoms with Crippen LogP contribution in [-0.4, -0.2) is 22.6 Å². The van der Waals surface area contributed by atoms with Gasteiger partial charge < -0.3 is 15.2 Å². The van der Waals surface area contributed by atoms with Gasteiger partial charge in [-0.2, -0.15) is 16.3 Å². The molecule has 25 heavy (non-hydrogen) atoms. The third kappa shape index (κ3) is 3.15. The minimum absolute atomic E-state index is 0.0573. The van der Waals surface area contributed by atoms with Gasteiger partial charge in [-0.15, -0.1) is 0 Å². The molecule has 1 aliphatic rings. The molecule has 4 rings (SSSR count). The van der Waals surface area contributed by atoms with Crippen LogP contribution in [0.15, 0.2) is 39.5 Å². The minimum atomic E-state index is 0.0573. The highest BCUT2D eigenvalue weighted by molar-refractivity contribution is 7.08. The van der Waals surface area contributed by atoms with Crippen LogP contribution in [0.5, 0.6) is 0 Å². The lowest BCUT2D eigenvalue weighted by Gasteiger charge is -2.30. The molecular weight excluding hydrogens is 336 g/mol. The van der Waals surface area contributed by atoms with E-state index in [0.29, 0.717) is 24.6 Å². The average Bonchev–Trinajstić information content (AvgIpc) is 3.31. The number of aryl methyl sites for hydroxylation is 1. The van der Waals surface area contributed by atoms with E-state index in [2.05, 4.69) is 10.1 Å². The molecule has 128 valence electrons. The number of thiophene rings is 1. The summed E-state index contributed by atoms with van der Waals surface area (Å²) in [7, 11) is 0. The first-order chi connectivity index (χ1) is 12.2. The number of rotatable bonds is 4. The summed E-state index contributed by atoms with van der Waals surface area (Å²) in [6, 6.07) is 7.69. The van der Waals surface area contributed by atoms with Crippen LogP contribution in [-0.2, 0) is 17.6 Å². The van der Waals surface area contributed by atoms with Crippen molar-refractivity contribution in [2.45, 2.75) is 25.7 Å². The van der Waals surface area contributed by atoms with Crippen LogP contribution in [0.25, 0.3) is 11.4 Å². The van der Waals surface area contributed by atoms with E-state index in [4.69, 9.17) is 10.3 Å². The normalized spacial score (nSPS) is 13.7. The van der Waals surface area contributed by atoms with Crippen molar-refractivity contribution in [2.75, 3.05) is 17.2 Å². The van der Waals surface area contributed by atoms with Gasteiger partial charge in [0, 0.05) is 41.7 Å². The lowest BCUT2D eigenvalue weighted by Crippen LogP contribution is -2.35. The van der Waals surface area contributed by atoms with E-state index in [1.165, 1.54) is 0 Å². The molecule has 0 radical (unpaired) electrons. The second-order valence-electron chi connectivity index (χ2n) is 6.02. The van der Waals surface area contributed by atoms with Crippen LogP contribution < -0.4 is 10.6 Å². The molecule has 0 saturated heterocycles. The maximum atomic E-state index is 12.7. The Hall–Kier alpha value is -2.67. The number of nitrogens with zero attached hydrogens (tertiary/aromatic N) is 3. The van der Waals surface area contributed by atoms with Crippen molar-refractivity contribution in [3.8, 4) is 11.4 Å². The first-order valence-corrected chi connectivity index (χ1v) is 9.19. The summed E-state index contributed by atoms with van der Waals surface area (Å²) < 4.78 is 5.27. The maximum absolute atomic E-state index is 12.7. The molecule has 0 atom stereocenters. The van der Waals surface area contributed by atoms with Gasteiger partial charge in [0.2, 0.25) is 17.6 Å². The second kappa shape index (κ2) is 6.68. The highest BCUT2D eigenvalue weighted by atomic mass is 32.1. The molecule has 3 aromatic rings. The Morgan fingerprint density at radius 1 is 1.36 bits per heavy atom. The highest BCUT2D eigenvalue weighted by Gasteiger charge is 2.24. The van der Waals surface area contributed by atoms with E-state index in [0.717, 1.165) is 41.9 Å². The lowest BCUT2D eigenvalue weighted by molar-refractivity contribution is -0.118. The van der Waals surface area contributed by atoms with Gasteiger partial charge in [-0.3, -0.25) is 4.79 Å². The molecule has 0 spiro atoms. The zero-order valence-electron chi connectivity index (χ0n) is 13.6. The molecule has 0 saturated carbocycles. The molecule has 2 aromatic heterocycles. The summed E-state index contributed by atoms with van der Waals surface area (Å²) in [6.45, 7) is 0.722.